The molecule has 0 aromatic rings. The van der Waals surface area contributed by atoms with Gasteiger partial charge in [0.25, 0.3) is 5.92 Å². The Labute approximate surface area is 91.4 Å². The van der Waals surface area contributed by atoms with E-state index in [-0.39, 0.29) is 5.60 Å². The summed E-state index contributed by atoms with van der Waals surface area (Å²) in [6, 6.07) is 0. The fourth-order valence-corrected chi connectivity index (χ4v) is 2.60. The van der Waals surface area contributed by atoms with Crippen LogP contribution in [0, 0.1) is 0 Å². The molecular formula is C9H15F2IO. The summed E-state index contributed by atoms with van der Waals surface area (Å²) in [6.45, 7) is 0.471. The number of rotatable bonds is 4. The molecule has 4 heteroatoms. The van der Waals surface area contributed by atoms with Crippen LogP contribution in [-0.2, 0) is 4.74 Å². The van der Waals surface area contributed by atoms with E-state index >= 15 is 0 Å². The van der Waals surface area contributed by atoms with Gasteiger partial charge in [0.2, 0.25) is 0 Å². The van der Waals surface area contributed by atoms with Crippen molar-refractivity contribution in [3.05, 3.63) is 0 Å². The van der Waals surface area contributed by atoms with Crippen LogP contribution in [0.5, 0.6) is 0 Å². The minimum absolute atomic E-state index is 0.250. The van der Waals surface area contributed by atoms with Crippen LogP contribution in [0.3, 0.4) is 0 Å². The molecule has 0 aromatic heterocycles. The minimum atomic E-state index is -2.69. The van der Waals surface area contributed by atoms with Gasteiger partial charge in [-0.3, -0.25) is 0 Å². The molecule has 0 spiro atoms. The molecule has 0 bridgehead atoms. The highest BCUT2D eigenvalue weighted by Gasteiger charge is 2.36. The Hall–Kier alpha value is 0.550. The second kappa shape index (κ2) is 4.38. The number of hydrogen-bond donors (Lipinski definition) is 0. The molecule has 0 saturated heterocycles. The van der Waals surface area contributed by atoms with Crippen LogP contribution in [0.25, 0.3) is 0 Å². The molecule has 0 aliphatic heterocycles. The first-order valence-electron chi connectivity index (χ1n) is 4.55. The van der Waals surface area contributed by atoms with Crippen LogP contribution >= 0.6 is 22.6 Å². The third-order valence-electron chi connectivity index (χ3n) is 2.39. The predicted octanol–water partition coefficient (Wildman–Crippen LogP) is 3.41. The van der Waals surface area contributed by atoms with Crippen LogP contribution < -0.4 is 0 Å². The van der Waals surface area contributed by atoms with Crippen molar-refractivity contribution in [3.8, 4) is 0 Å². The quantitative estimate of drug-likeness (QED) is 0.571. The maximum Gasteiger partial charge on any atom is 0.268 e. The average molecular weight is 304 g/mol. The Morgan fingerprint density at radius 3 is 2.31 bits per heavy atom. The zero-order valence-electron chi connectivity index (χ0n) is 7.78. The Bertz CT molecular complexity index is 161. The molecule has 1 aliphatic carbocycles. The number of hydrogen-bond acceptors (Lipinski definition) is 1. The first kappa shape index (κ1) is 11.6. The highest BCUT2D eigenvalue weighted by atomic mass is 127. The van der Waals surface area contributed by atoms with Crippen LogP contribution in [-0.4, -0.2) is 22.6 Å². The molecule has 0 unspecified atom stereocenters. The maximum atomic E-state index is 12.6. The molecule has 13 heavy (non-hydrogen) atoms. The Kier molecular flexibility index (Phi) is 3.92. The first-order chi connectivity index (χ1) is 5.97. The molecule has 0 heterocycles. The molecule has 0 N–H and O–H groups in total. The van der Waals surface area contributed by atoms with E-state index < -0.39 is 12.5 Å². The fraction of sp³-hybridized carbons (Fsp3) is 1.00. The molecule has 1 saturated carbocycles. The summed E-state index contributed by atoms with van der Waals surface area (Å²) in [6.07, 6.45) is 4.09. The minimum Gasteiger partial charge on any atom is -0.368 e. The molecule has 78 valence electrons. The third-order valence-corrected chi connectivity index (χ3v) is 3.78. The van der Waals surface area contributed by atoms with Gasteiger partial charge in [-0.25, -0.2) is 8.78 Å². The Morgan fingerprint density at radius 1 is 1.38 bits per heavy atom. The standard InChI is InChI=1S/C9H15F2IO/c1-8(10,11)7-13-9(6-12)4-2-3-5-9/h2-7H2,1H3. The highest BCUT2D eigenvalue weighted by Crippen LogP contribution is 2.35. The zero-order valence-corrected chi connectivity index (χ0v) is 9.94. The van der Waals surface area contributed by atoms with Gasteiger partial charge in [0, 0.05) is 11.4 Å². The van der Waals surface area contributed by atoms with Gasteiger partial charge in [0.1, 0.15) is 6.61 Å². The predicted molar refractivity (Wildman–Crippen MR) is 56.7 cm³/mol. The Balaban J connectivity index is 2.40. The lowest BCUT2D eigenvalue weighted by molar-refractivity contribution is -0.118. The van der Waals surface area contributed by atoms with E-state index in [0.717, 1.165) is 37.0 Å². The highest BCUT2D eigenvalue weighted by molar-refractivity contribution is 14.1. The second-order valence-corrected chi connectivity index (χ2v) is 4.65. The van der Waals surface area contributed by atoms with Crippen LogP contribution in [0.4, 0.5) is 8.78 Å². The van der Waals surface area contributed by atoms with Crippen molar-refractivity contribution in [3.63, 3.8) is 0 Å². The lowest BCUT2D eigenvalue weighted by Crippen LogP contribution is -2.35. The van der Waals surface area contributed by atoms with Crippen LogP contribution in [0.2, 0.25) is 0 Å². The molecule has 1 aliphatic rings. The van der Waals surface area contributed by atoms with E-state index in [9.17, 15) is 8.78 Å². The van der Waals surface area contributed by atoms with E-state index in [1.807, 2.05) is 0 Å². The zero-order chi connectivity index (χ0) is 9.95. The molecule has 0 radical (unpaired) electrons. The van der Waals surface area contributed by atoms with E-state index in [0.29, 0.717) is 0 Å². The summed E-state index contributed by atoms with van der Waals surface area (Å²) in [5.74, 6) is -2.69. The number of alkyl halides is 3. The van der Waals surface area contributed by atoms with Crippen LogP contribution in [0.15, 0.2) is 0 Å². The van der Waals surface area contributed by atoms with Gasteiger partial charge >= 0.3 is 0 Å². The summed E-state index contributed by atoms with van der Waals surface area (Å²) in [4.78, 5) is 0. The van der Waals surface area contributed by atoms with Gasteiger partial charge in [-0.2, -0.15) is 0 Å². The summed E-state index contributed by atoms with van der Waals surface area (Å²) < 4.78 is 31.3. The van der Waals surface area contributed by atoms with E-state index in [1.165, 1.54) is 0 Å². The summed E-state index contributed by atoms with van der Waals surface area (Å²) in [5.41, 5.74) is -0.250. The van der Waals surface area contributed by atoms with Gasteiger partial charge < -0.3 is 4.74 Å². The van der Waals surface area contributed by atoms with Gasteiger partial charge in [-0.1, -0.05) is 35.4 Å². The fourth-order valence-electron chi connectivity index (χ4n) is 1.62. The van der Waals surface area contributed by atoms with E-state index in [1.54, 1.807) is 0 Å². The monoisotopic (exact) mass is 304 g/mol. The lowest BCUT2D eigenvalue weighted by atomic mass is 10.1. The van der Waals surface area contributed by atoms with Crippen molar-refractivity contribution in [2.45, 2.75) is 44.1 Å². The Morgan fingerprint density at radius 2 is 1.92 bits per heavy atom. The second-order valence-electron chi connectivity index (χ2n) is 3.88. The van der Waals surface area contributed by atoms with Crippen molar-refractivity contribution < 1.29 is 13.5 Å². The van der Waals surface area contributed by atoms with E-state index in [2.05, 4.69) is 22.6 Å². The molecule has 0 atom stereocenters. The van der Waals surface area contributed by atoms with Crippen molar-refractivity contribution in [1.82, 2.24) is 0 Å². The molecule has 0 amide bonds. The van der Waals surface area contributed by atoms with Gasteiger partial charge in [-0.15, -0.1) is 0 Å². The molecule has 1 fully saturated rings. The molecule has 1 nitrogen and oxygen atoms in total. The average Bonchev–Trinajstić information content (AvgIpc) is 2.49. The topological polar surface area (TPSA) is 9.23 Å². The number of ether oxygens (including phenoxy) is 1. The van der Waals surface area contributed by atoms with Crippen molar-refractivity contribution in [2.75, 3.05) is 11.0 Å². The normalized spacial score (nSPS) is 22.2. The van der Waals surface area contributed by atoms with Crippen molar-refractivity contribution >= 4 is 22.6 Å². The lowest BCUT2D eigenvalue weighted by Gasteiger charge is -2.28. The maximum absolute atomic E-state index is 12.6. The van der Waals surface area contributed by atoms with E-state index in [4.69, 9.17) is 4.74 Å². The SMILES string of the molecule is CC(F)(F)COC1(CI)CCCC1. The van der Waals surface area contributed by atoms with Crippen molar-refractivity contribution in [2.24, 2.45) is 0 Å². The van der Waals surface area contributed by atoms with Crippen molar-refractivity contribution in [1.29, 1.82) is 0 Å². The summed E-state index contributed by atoms with van der Waals surface area (Å²) in [5, 5.41) is 0. The first-order valence-corrected chi connectivity index (χ1v) is 6.08. The third kappa shape index (κ3) is 3.65. The van der Waals surface area contributed by atoms with Crippen LogP contribution in [0.1, 0.15) is 32.6 Å². The van der Waals surface area contributed by atoms with Gasteiger partial charge in [0.05, 0.1) is 5.60 Å². The van der Waals surface area contributed by atoms with Gasteiger partial charge in [-0.05, 0) is 12.8 Å². The molecule has 1 rings (SSSR count). The summed E-state index contributed by atoms with van der Waals surface area (Å²) in [7, 11) is 0. The number of halogens is 3. The van der Waals surface area contributed by atoms with Gasteiger partial charge in [0.15, 0.2) is 0 Å². The molecule has 0 aromatic carbocycles. The summed E-state index contributed by atoms with van der Waals surface area (Å²) >= 11 is 2.22. The smallest absolute Gasteiger partial charge is 0.268 e. The molecular weight excluding hydrogens is 289 g/mol. The largest absolute Gasteiger partial charge is 0.368 e.